The first kappa shape index (κ1) is 31.6. The Morgan fingerprint density at radius 1 is 1.00 bits per heavy atom. The van der Waals surface area contributed by atoms with Crippen molar-refractivity contribution in [2.75, 3.05) is 39.3 Å². The second-order valence-electron chi connectivity index (χ2n) is 10.5. The van der Waals surface area contributed by atoms with Crippen LogP contribution in [0.3, 0.4) is 0 Å². The predicted molar refractivity (Wildman–Crippen MR) is 149 cm³/mol. The number of hydrogen-bond donors (Lipinski definition) is 8. The summed E-state index contributed by atoms with van der Waals surface area (Å²) >= 11 is 0. The molecule has 2 fully saturated rings. The summed E-state index contributed by atoms with van der Waals surface area (Å²) < 4.78 is 19.1. The maximum absolute atomic E-state index is 12.1. The molecule has 10 N–H and O–H groups in total. The van der Waals surface area contributed by atoms with Crippen LogP contribution in [0.1, 0.15) is 22.9 Å². The van der Waals surface area contributed by atoms with E-state index in [1.165, 1.54) is 28.9 Å². The highest BCUT2D eigenvalue weighted by Crippen LogP contribution is 2.36. The van der Waals surface area contributed by atoms with Gasteiger partial charge in [0, 0.05) is 21.2 Å². The number of ketones is 1. The monoisotopic (exact) mass is 622 g/mol. The van der Waals surface area contributed by atoms with Crippen LogP contribution < -0.4 is 21.9 Å². The zero-order chi connectivity index (χ0) is 32.0. The van der Waals surface area contributed by atoms with Crippen LogP contribution in [0.25, 0.3) is 11.2 Å². The third-order valence-electron chi connectivity index (χ3n) is 7.51. The molecule has 20 heteroatoms. The average Bonchev–Trinajstić information content (AvgIpc) is 3.76. The SMILES string of the molecule is CN(C)c1nc2c(ncn2[C@@H]2O[C@H](CO)[C@H](O)C2O)c(=O)[nH]1.COC1[C@@H](O)[C@@H](CO)O[C@H]1n1cnc2c1N=C(N)C(N)C2=O. The van der Waals surface area contributed by atoms with Crippen LogP contribution in [-0.2, 0) is 14.2 Å². The van der Waals surface area contributed by atoms with E-state index in [0.29, 0.717) is 5.95 Å². The van der Waals surface area contributed by atoms with E-state index in [1.54, 1.807) is 19.0 Å². The number of aromatic amines is 1. The van der Waals surface area contributed by atoms with Crippen molar-refractivity contribution in [2.24, 2.45) is 16.5 Å². The number of aromatic nitrogens is 6. The number of amidine groups is 1. The third-order valence-corrected chi connectivity index (χ3v) is 7.51. The number of H-pyrrole nitrogens is 1. The highest BCUT2D eigenvalue weighted by Gasteiger charge is 2.47. The molecule has 2 saturated heterocycles. The summed E-state index contributed by atoms with van der Waals surface area (Å²) in [7, 11) is 4.85. The van der Waals surface area contributed by atoms with Gasteiger partial charge in [-0.05, 0) is 0 Å². The number of aliphatic hydroxyl groups excluding tert-OH is 5. The maximum atomic E-state index is 12.1. The normalized spacial score (nSPS) is 31.5. The van der Waals surface area contributed by atoms with Crippen LogP contribution in [0, 0.1) is 0 Å². The largest absolute Gasteiger partial charge is 0.394 e. The number of rotatable bonds is 6. The third kappa shape index (κ3) is 5.25. The Bertz CT molecular complexity index is 1600. The van der Waals surface area contributed by atoms with Crippen LogP contribution in [0.2, 0.25) is 0 Å². The molecule has 3 aliphatic rings. The number of aliphatic hydroxyl groups is 5. The molecule has 0 aliphatic carbocycles. The number of fused-ring (bicyclic) bond motifs is 2. The first-order valence-electron chi connectivity index (χ1n) is 13.4. The van der Waals surface area contributed by atoms with Gasteiger partial charge < -0.3 is 56.1 Å². The Balaban J connectivity index is 0.000000175. The molecular formula is C24H34N10O10. The van der Waals surface area contributed by atoms with Crippen molar-refractivity contribution in [1.29, 1.82) is 0 Å². The number of aliphatic imine (C=N–C) groups is 1. The molecule has 0 aromatic carbocycles. The lowest BCUT2D eigenvalue weighted by molar-refractivity contribution is -0.0592. The van der Waals surface area contributed by atoms with Gasteiger partial charge in [-0.25, -0.2) is 15.0 Å². The Morgan fingerprint density at radius 2 is 1.64 bits per heavy atom. The van der Waals surface area contributed by atoms with Crippen molar-refractivity contribution in [3.8, 4) is 0 Å². The maximum Gasteiger partial charge on any atom is 0.280 e. The molecule has 9 atom stereocenters. The van der Waals surface area contributed by atoms with Crippen molar-refractivity contribution < 1.29 is 44.5 Å². The fourth-order valence-corrected chi connectivity index (χ4v) is 5.07. The summed E-state index contributed by atoms with van der Waals surface area (Å²) in [5.41, 5.74) is 11.3. The zero-order valence-electron chi connectivity index (χ0n) is 23.8. The minimum atomic E-state index is -1.27. The standard InChI is InChI=1S/2C12H17N5O5/c1-16(2)12-14-9-6(10(21)15-12)13-4-17(9)11-8(20)7(19)5(3-18)22-11;1-21-9-7(19)4(2-18)22-12(9)17-3-15-6-8(20)5(13)10(14)16-11(6)17/h4-5,7-8,11,18-20H,3H2,1-2H3,(H,14,15,21);3-5,7,9,12,18-19H,2,13H2,1H3,(H2,14,16)/t5-,7+,8?,11-;4-,5?,7+,9?,12-/m11/s1. The van der Waals surface area contributed by atoms with E-state index in [1.807, 2.05) is 0 Å². The molecule has 0 amide bonds. The van der Waals surface area contributed by atoms with E-state index < -0.39 is 73.1 Å². The molecule has 3 unspecified atom stereocenters. The smallest absolute Gasteiger partial charge is 0.280 e. The van der Waals surface area contributed by atoms with Crippen molar-refractivity contribution in [3.05, 3.63) is 28.7 Å². The molecule has 20 nitrogen and oxygen atoms in total. The molecule has 3 aromatic rings. The van der Waals surface area contributed by atoms with Crippen molar-refractivity contribution in [2.45, 2.75) is 55.1 Å². The van der Waals surface area contributed by atoms with Gasteiger partial charge in [0.15, 0.2) is 35.1 Å². The first-order chi connectivity index (χ1) is 20.9. The van der Waals surface area contributed by atoms with Gasteiger partial charge in [-0.3, -0.25) is 23.7 Å². The molecule has 3 aromatic heterocycles. The lowest BCUT2D eigenvalue weighted by atomic mass is 10.1. The van der Waals surface area contributed by atoms with Gasteiger partial charge in [-0.1, -0.05) is 0 Å². The van der Waals surface area contributed by atoms with Crippen LogP contribution >= 0.6 is 0 Å². The van der Waals surface area contributed by atoms with Gasteiger partial charge in [-0.2, -0.15) is 4.98 Å². The molecular weight excluding hydrogens is 588 g/mol. The summed E-state index contributed by atoms with van der Waals surface area (Å²) in [6, 6.07) is -1.02. The Hall–Kier alpha value is -3.86. The van der Waals surface area contributed by atoms with E-state index in [0.717, 1.165) is 0 Å². The summed E-state index contributed by atoms with van der Waals surface area (Å²) in [4.78, 5) is 44.6. The number of methoxy groups -OCH3 is 1. The van der Waals surface area contributed by atoms with Crippen molar-refractivity contribution >= 4 is 34.5 Å². The lowest BCUT2D eigenvalue weighted by Crippen LogP contribution is -2.45. The van der Waals surface area contributed by atoms with E-state index in [-0.39, 0.29) is 35.1 Å². The minimum absolute atomic E-state index is 0.0227. The Labute approximate surface area is 248 Å². The van der Waals surface area contributed by atoms with Gasteiger partial charge >= 0.3 is 0 Å². The predicted octanol–water partition coefficient (Wildman–Crippen LogP) is -4.54. The number of carbonyl (C=O) groups is 1. The van der Waals surface area contributed by atoms with Gasteiger partial charge in [0.1, 0.15) is 48.5 Å². The highest BCUT2D eigenvalue weighted by molar-refractivity contribution is 6.18. The number of carbonyl (C=O) groups excluding carboxylic acids is 1. The van der Waals surface area contributed by atoms with Crippen LogP contribution in [0.5, 0.6) is 0 Å². The quantitative estimate of drug-likeness (QED) is 0.128. The topological polar surface area (TPSA) is 295 Å². The van der Waals surface area contributed by atoms with E-state index in [2.05, 4.69) is 24.9 Å². The van der Waals surface area contributed by atoms with E-state index >= 15 is 0 Å². The van der Waals surface area contributed by atoms with Crippen molar-refractivity contribution in [3.63, 3.8) is 0 Å². The zero-order valence-corrected chi connectivity index (χ0v) is 23.8. The number of nitrogens with two attached hydrogens (primary N) is 2. The summed E-state index contributed by atoms with van der Waals surface area (Å²) in [6.45, 7) is -0.804. The molecule has 240 valence electrons. The van der Waals surface area contributed by atoms with Gasteiger partial charge in [0.25, 0.3) is 5.56 Å². The molecule has 0 radical (unpaired) electrons. The van der Waals surface area contributed by atoms with Crippen LogP contribution in [0.15, 0.2) is 22.4 Å². The fourth-order valence-electron chi connectivity index (χ4n) is 5.07. The number of imidazole rings is 2. The van der Waals surface area contributed by atoms with E-state index in [4.69, 9.17) is 30.8 Å². The number of ether oxygens (including phenoxy) is 3. The highest BCUT2D eigenvalue weighted by atomic mass is 16.6. The Kier molecular flexibility index (Phi) is 8.80. The summed E-state index contributed by atoms with van der Waals surface area (Å²) in [6.07, 6.45) is -5.12. The van der Waals surface area contributed by atoms with E-state index in [9.17, 15) is 30.0 Å². The molecule has 3 aliphatic heterocycles. The number of nitrogens with zero attached hydrogens (tertiary/aromatic N) is 7. The minimum Gasteiger partial charge on any atom is -0.394 e. The Morgan fingerprint density at radius 3 is 2.25 bits per heavy atom. The van der Waals surface area contributed by atoms with Gasteiger partial charge in [0.05, 0.1) is 25.9 Å². The van der Waals surface area contributed by atoms with Gasteiger partial charge in [0.2, 0.25) is 11.7 Å². The van der Waals surface area contributed by atoms with Crippen molar-refractivity contribution in [1.82, 2.24) is 29.1 Å². The fraction of sp³-hybridized carbons (Fsp3) is 0.583. The van der Waals surface area contributed by atoms with Crippen LogP contribution in [0.4, 0.5) is 11.8 Å². The number of hydrogen-bond acceptors (Lipinski definition) is 17. The number of Topliss-reactive ketones (excluding diaryl/α,β-unsaturated/α-hetero) is 1. The second-order valence-corrected chi connectivity index (χ2v) is 10.5. The van der Waals surface area contributed by atoms with Crippen LogP contribution in [-0.4, -0.2) is 143 Å². The summed E-state index contributed by atoms with van der Waals surface area (Å²) in [5.74, 6) is 0.0611. The molecule has 0 spiro atoms. The molecule has 44 heavy (non-hydrogen) atoms. The second kappa shape index (κ2) is 12.3. The number of anilines is 1. The lowest BCUT2D eigenvalue weighted by Gasteiger charge is -2.22. The number of nitrogens with one attached hydrogen (secondary N) is 1. The molecule has 0 bridgehead atoms. The first-order valence-corrected chi connectivity index (χ1v) is 13.4. The van der Waals surface area contributed by atoms with Gasteiger partial charge in [-0.15, -0.1) is 0 Å². The summed E-state index contributed by atoms with van der Waals surface area (Å²) in [5, 5.41) is 48.4. The molecule has 6 heterocycles. The molecule has 0 saturated carbocycles. The molecule has 6 rings (SSSR count). The average molecular weight is 623 g/mol.